The van der Waals surface area contributed by atoms with E-state index < -0.39 is 0 Å². The largest absolute Gasteiger partial charge is 0.382 e. The van der Waals surface area contributed by atoms with Crippen LogP contribution >= 0.6 is 0 Å². The molecule has 1 aromatic carbocycles. The highest BCUT2D eigenvalue weighted by atomic mass is 16.2. The molecule has 1 saturated carbocycles. The van der Waals surface area contributed by atoms with Crippen molar-refractivity contribution in [3.8, 4) is 11.3 Å². The van der Waals surface area contributed by atoms with Gasteiger partial charge in [-0.25, -0.2) is 15.0 Å². The SMILES string of the molecule is C=CC(=O)N1CC2C([C@H]1c1nc(-c3ccc(C(=O)Nc4cc(C)ccn4)cc3)c3c(N)nccn13)C2(C)C. The van der Waals surface area contributed by atoms with Crippen molar-refractivity contribution in [3.05, 3.63) is 84.6 Å². The molecule has 0 radical (unpaired) electrons. The second-order valence-corrected chi connectivity index (χ2v) is 10.7. The van der Waals surface area contributed by atoms with Crippen LogP contribution in [0.25, 0.3) is 16.8 Å². The van der Waals surface area contributed by atoms with Crippen molar-refractivity contribution in [1.29, 1.82) is 0 Å². The molecule has 4 heterocycles. The van der Waals surface area contributed by atoms with E-state index in [1.165, 1.54) is 6.08 Å². The summed E-state index contributed by atoms with van der Waals surface area (Å²) in [7, 11) is 0. The standard InChI is InChI=1S/C29H29N7O2/c1-5-21(37)36-15-19-22(29(19,3)4)24(36)27-34-23(25-26(30)32-12-13-35(25)27)17-6-8-18(9-7-17)28(38)33-20-14-16(2)10-11-31-20/h5-14,19,22,24H,1,15H2,2-4H3,(H2,30,32)(H,31,33,38)/t19?,22?,24-/m0/s1. The van der Waals surface area contributed by atoms with E-state index in [9.17, 15) is 9.59 Å². The molecule has 1 aliphatic heterocycles. The van der Waals surface area contributed by atoms with Crippen molar-refractivity contribution in [1.82, 2.24) is 24.3 Å². The molecule has 2 fully saturated rings. The quantitative estimate of drug-likeness (QED) is 0.389. The molecule has 6 rings (SSSR count). The van der Waals surface area contributed by atoms with E-state index in [-0.39, 0.29) is 23.3 Å². The van der Waals surface area contributed by atoms with E-state index in [4.69, 9.17) is 10.7 Å². The number of aryl methyl sites for hydroxylation is 1. The van der Waals surface area contributed by atoms with Crippen LogP contribution in [0, 0.1) is 24.2 Å². The number of pyridine rings is 1. The number of aromatic nitrogens is 4. The molecular formula is C29H29N7O2. The van der Waals surface area contributed by atoms with Crippen LogP contribution in [0.3, 0.4) is 0 Å². The first-order chi connectivity index (χ1) is 18.2. The number of carbonyl (C=O) groups excluding carboxylic acids is 2. The summed E-state index contributed by atoms with van der Waals surface area (Å²) in [5, 5.41) is 2.83. The van der Waals surface area contributed by atoms with E-state index in [0.29, 0.717) is 46.8 Å². The smallest absolute Gasteiger partial charge is 0.256 e. The monoisotopic (exact) mass is 507 g/mol. The zero-order valence-electron chi connectivity index (χ0n) is 21.5. The van der Waals surface area contributed by atoms with Gasteiger partial charge in [-0.3, -0.25) is 14.0 Å². The Labute approximate surface area is 220 Å². The van der Waals surface area contributed by atoms with Gasteiger partial charge in [-0.2, -0.15) is 0 Å². The number of benzene rings is 1. The van der Waals surface area contributed by atoms with Crippen LogP contribution in [0.2, 0.25) is 0 Å². The summed E-state index contributed by atoms with van der Waals surface area (Å²) in [5.41, 5.74) is 10.1. The molecule has 3 aromatic heterocycles. The van der Waals surface area contributed by atoms with Crippen LogP contribution in [0.5, 0.6) is 0 Å². The van der Waals surface area contributed by atoms with Crippen LogP contribution in [0.1, 0.15) is 41.6 Å². The zero-order chi connectivity index (χ0) is 26.8. The van der Waals surface area contributed by atoms with Gasteiger partial charge in [0.1, 0.15) is 28.7 Å². The number of nitrogens with one attached hydrogen (secondary N) is 1. The topological polar surface area (TPSA) is 119 Å². The van der Waals surface area contributed by atoms with Gasteiger partial charge >= 0.3 is 0 Å². The molecule has 38 heavy (non-hydrogen) atoms. The Morgan fingerprint density at radius 3 is 2.63 bits per heavy atom. The Bertz CT molecular complexity index is 1610. The Kier molecular flexibility index (Phi) is 5.34. The lowest BCUT2D eigenvalue weighted by Gasteiger charge is -2.29. The normalized spacial score (nSPS) is 21.2. The lowest BCUT2D eigenvalue weighted by atomic mass is 10.0. The van der Waals surface area contributed by atoms with Gasteiger partial charge in [0.15, 0.2) is 0 Å². The average Bonchev–Trinajstić information content (AvgIpc) is 3.24. The number of imidazole rings is 1. The summed E-state index contributed by atoms with van der Waals surface area (Å²) in [5.74, 6) is 1.95. The molecule has 3 atom stereocenters. The predicted octanol–water partition coefficient (Wildman–Crippen LogP) is 4.28. The van der Waals surface area contributed by atoms with E-state index in [0.717, 1.165) is 17.0 Å². The van der Waals surface area contributed by atoms with Crippen molar-refractivity contribution >= 4 is 29.0 Å². The van der Waals surface area contributed by atoms with Gasteiger partial charge < -0.3 is 16.0 Å². The van der Waals surface area contributed by atoms with E-state index >= 15 is 0 Å². The number of hydrogen-bond acceptors (Lipinski definition) is 6. The van der Waals surface area contributed by atoms with Crippen LogP contribution in [-0.2, 0) is 4.79 Å². The van der Waals surface area contributed by atoms with Gasteiger partial charge in [0.2, 0.25) is 5.91 Å². The third kappa shape index (κ3) is 3.65. The van der Waals surface area contributed by atoms with Gasteiger partial charge in [0.05, 0.1) is 6.04 Å². The molecule has 1 saturated heterocycles. The maximum atomic E-state index is 12.8. The van der Waals surface area contributed by atoms with Gasteiger partial charge in [-0.05, 0) is 60.1 Å². The third-order valence-corrected chi connectivity index (χ3v) is 8.12. The van der Waals surface area contributed by atoms with Crippen molar-refractivity contribution in [3.63, 3.8) is 0 Å². The first kappa shape index (κ1) is 23.8. The van der Waals surface area contributed by atoms with Gasteiger partial charge in [-0.15, -0.1) is 0 Å². The van der Waals surface area contributed by atoms with Crippen LogP contribution < -0.4 is 11.1 Å². The highest BCUT2D eigenvalue weighted by Crippen LogP contribution is 2.69. The van der Waals surface area contributed by atoms with E-state index in [1.807, 2.05) is 46.7 Å². The molecule has 2 aliphatic rings. The Morgan fingerprint density at radius 2 is 1.92 bits per heavy atom. The number of amides is 2. The fourth-order valence-electron chi connectivity index (χ4n) is 6.00. The molecule has 2 unspecified atom stereocenters. The molecular weight excluding hydrogens is 478 g/mol. The summed E-state index contributed by atoms with van der Waals surface area (Å²) in [6, 6.07) is 10.7. The molecule has 1 aliphatic carbocycles. The molecule has 4 aromatic rings. The number of anilines is 2. The summed E-state index contributed by atoms with van der Waals surface area (Å²) in [6.45, 7) is 10.8. The minimum absolute atomic E-state index is 0.100. The maximum absolute atomic E-state index is 12.8. The lowest BCUT2D eigenvalue weighted by Crippen LogP contribution is -2.35. The number of nitrogen functional groups attached to an aromatic ring is 1. The average molecular weight is 508 g/mol. The van der Waals surface area contributed by atoms with Crippen molar-refractivity contribution in [2.75, 3.05) is 17.6 Å². The number of nitrogens with two attached hydrogens (primary N) is 1. The highest BCUT2D eigenvalue weighted by Gasteiger charge is 2.68. The molecule has 3 N–H and O–H groups in total. The molecule has 0 bridgehead atoms. The maximum Gasteiger partial charge on any atom is 0.256 e. The first-order valence-corrected chi connectivity index (χ1v) is 12.6. The van der Waals surface area contributed by atoms with Gasteiger partial charge in [-0.1, -0.05) is 32.6 Å². The molecule has 9 nitrogen and oxygen atoms in total. The van der Waals surface area contributed by atoms with Gasteiger partial charge in [0.25, 0.3) is 5.91 Å². The number of piperidine rings is 1. The van der Waals surface area contributed by atoms with E-state index in [1.54, 1.807) is 24.5 Å². The first-order valence-electron chi connectivity index (χ1n) is 12.6. The number of hydrogen-bond donors (Lipinski definition) is 2. The molecule has 0 spiro atoms. The number of rotatable bonds is 5. The molecule has 192 valence electrons. The Morgan fingerprint density at radius 1 is 1.16 bits per heavy atom. The summed E-state index contributed by atoms with van der Waals surface area (Å²) in [6.07, 6.45) is 6.52. The lowest BCUT2D eigenvalue weighted by molar-refractivity contribution is -0.128. The summed E-state index contributed by atoms with van der Waals surface area (Å²) >= 11 is 0. The summed E-state index contributed by atoms with van der Waals surface area (Å²) in [4.78, 5) is 41.0. The second-order valence-electron chi connectivity index (χ2n) is 10.7. The molecule has 9 heteroatoms. The van der Waals surface area contributed by atoms with Crippen LogP contribution in [-0.4, -0.2) is 42.6 Å². The highest BCUT2D eigenvalue weighted by molar-refractivity contribution is 6.04. The number of carbonyl (C=O) groups is 2. The van der Waals surface area contributed by atoms with Crippen molar-refractivity contribution < 1.29 is 9.59 Å². The van der Waals surface area contributed by atoms with Crippen LogP contribution in [0.4, 0.5) is 11.6 Å². The predicted molar refractivity (Wildman–Crippen MR) is 145 cm³/mol. The zero-order valence-corrected chi connectivity index (χ0v) is 21.5. The number of fused-ring (bicyclic) bond motifs is 2. The fourth-order valence-corrected chi connectivity index (χ4v) is 6.00. The molecule has 2 amide bonds. The minimum atomic E-state index is -0.252. The fraction of sp³-hybridized carbons (Fsp3) is 0.276. The van der Waals surface area contributed by atoms with E-state index in [2.05, 4.69) is 35.7 Å². The number of likely N-dealkylation sites (tertiary alicyclic amines) is 1. The van der Waals surface area contributed by atoms with Crippen LogP contribution in [0.15, 0.2) is 67.6 Å². The third-order valence-electron chi connectivity index (χ3n) is 8.12. The Hall–Kier alpha value is -4.53. The minimum Gasteiger partial charge on any atom is -0.382 e. The van der Waals surface area contributed by atoms with Crippen molar-refractivity contribution in [2.24, 2.45) is 17.3 Å². The Balaban J connectivity index is 1.38. The van der Waals surface area contributed by atoms with Crippen molar-refractivity contribution in [2.45, 2.75) is 26.8 Å². The van der Waals surface area contributed by atoms with Gasteiger partial charge in [0, 0.05) is 36.3 Å². The number of nitrogens with zero attached hydrogens (tertiary/aromatic N) is 5. The summed E-state index contributed by atoms with van der Waals surface area (Å²) < 4.78 is 1.95. The second kappa shape index (κ2) is 8.51.